The predicted octanol–water partition coefficient (Wildman–Crippen LogP) is 4.18. The summed E-state index contributed by atoms with van der Waals surface area (Å²) in [6.07, 6.45) is 6.65. The van der Waals surface area contributed by atoms with Crippen LogP contribution in [-0.4, -0.2) is 6.04 Å². The molecule has 19 heavy (non-hydrogen) atoms. The van der Waals surface area contributed by atoms with E-state index in [1.807, 2.05) is 18.2 Å². The van der Waals surface area contributed by atoms with Crippen molar-refractivity contribution in [3.8, 4) is 6.07 Å². The minimum absolute atomic E-state index is 0.324. The molecule has 1 aliphatic rings. The van der Waals surface area contributed by atoms with Gasteiger partial charge in [0.25, 0.3) is 0 Å². The van der Waals surface area contributed by atoms with E-state index in [0.717, 1.165) is 11.5 Å². The Labute approximate surface area is 116 Å². The van der Waals surface area contributed by atoms with Crippen LogP contribution in [0.5, 0.6) is 0 Å². The van der Waals surface area contributed by atoms with Crippen LogP contribution in [0.15, 0.2) is 24.3 Å². The average Bonchev–Trinajstić information content (AvgIpc) is 2.47. The number of nitrogens with one attached hydrogen (secondary N) is 1. The summed E-state index contributed by atoms with van der Waals surface area (Å²) in [6, 6.07) is 11.1. The van der Waals surface area contributed by atoms with Gasteiger partial charge in [-0.25, -0.2) is 0 Å². The van der Waals surface area contributed by atoms with Gasteiger partial charge in [-0.3, -0.25) is 0 Å². The van der Waals surface area contributed by atoms with Gasteiger partial charge in [-0.1, -0.05) is 38.3 Å². The molecule has 2 rings (SSSR count). The molecule has 0 saturated heterocycles. The van der Waals surface area contributed by atoms with E-state index >= 15 is 0 Å². The lowest BCUT2D eigenvalue weighted by Gasteiger charge is -2.34. The molecule has 1 saturated carbocycles. The Hall–Kier alpha value is -1.33. The van der Waals surface area contributed by atoms with Crippen LogP contribution in [0.4, 0.5) is 0 Å². The van der Waals surface area contributed by atoms with Gasteiger partial charge < -0.3 is 5.32 Å². The number of rotatable bonds is 4. The summed E-state index contributed by atoms with van der Waals surface area (Å²) < 4.78 is 0. The zero-order chi connectivity index (χ0) is 13.7. The van der Waals surface area contributed by atoms with Crippen LogP contribution in [-0.2, 0) is 0 Å². The molecule has 1 aliphatic carbocycles. The average molecular weight is 256 g/mol. The first-order valence-electron chi connectivity index (χ1n) is 7.50. The maximum absolute atomic E-state index is 8.97. The van der Waals surface area contributed by atoms with Crippen molar-refractivity contribution in [3.05, 3.63) is 35.4 Å². The van der Waals surface area contributed by atoms with Gasteiger partial charge in [-0.2, -0.15) is 5.26 Å². The fourth-order valence-corrected chi connectivity index (χ4v) is 3.21. The maximum Gasteiger partial charge on any atom is 0.0991 e. The van der Waals surface area contributed by atoms with E-state index < -0.39 is 0 Å². The van der Waals surface area contributed by atoms with E-state index in [0.29, 0.717) is 12.1 Å². The van der Waals surface area contributed by atoms with Gasteiger partial charge >= 0.3 is 0 Å². The third-order valence-corrected chi connectivity index (χ3v) is 4.41. The van der Waals surface area contributed by atoms with Crippen LogP contribution in [0.3, 0.4) is 0 Å². The molecule has 3 atom stereocenters. The maximum atomic E-state index is 8.97. The zero-order valence-electron chi connectivity index (χ0n) is 12.0. The van der Waals surface area contributed by atoms with Crippen LogP contribution in [0, 0.1) is 17.2 Å². The Balaban J connectivity index is 2.03. The first kappa shape index (κ1) is 14.1. The van der Waals surface area contributed by atoms with Crippen molar-refractivity contribution in [2.75, 3.05) is 0 Å². The normalized spacial score (nSPS) is 24.7. The summed E-state index contributed by atoms with van der Waals surface area (Å²) in [5.74, 6) is 0.815. The molecule has 1 N–H and O–H groups in total. The van der Waals surface area contributed by atoms with Crippen molar-refractivity contribution >= 4 is 0 Å². The molecule has 1 fully saturated rings. The molecule has 1 aromatic carbocycles. The second-order valence-corrected chi connectivity index (χ2v) is 5.68. The molecule has 3 unspecified atom stereocenters. The van der Waals surface area contributed by atoms with Gasteiger partial charge in [0, 0.05) is 12.1 Å². The van der Waals surface area contributed by atoms with Crippen LogP contribution >= 0.6 is 0 Å². The van der Waals surface area contributed by atoms with Crippen LogP contribution in [0.1, 0.15) is 63.1 Å². The van der Waals surface area contributed by atoms with Gasteiger partial charge in [0.05, 0.1) is 11.6 Å². The summed E-state index contributed by atoms with van der Waals surface area (Å²) >= 11 is 0. The summed E-state index contributed by atoms with van der Waals surface area (Å²) in [7, 11) is 0. The molecule has 102 valence electrons. The van der Waals surface area contributed by atoms with Gasteiger partial charge in [-0.15, -0.1) is 0 Å². The molecular weight excluding hydrogens is 232 g/mol. The number of nitriles is 1. The fraction of sp³-hybridized carbons (Fsp3) is 0.588. The van der Waals surface area contributed by atoms with E-state index in [-0.39, 0.29) is 0 Å². The van der Waals surface area contributed by atoms with E-state index in [9.17, 15) is 0 Å². The number of benzene rings is 1. The molecular formula is C17H24N2. The minimum Gasteiger partial charge on any atom is -0.307 e. The molecule has 0 heterocycles. The first-order chi connectivity index (χ1) is 9.24. The molecule has 0 spiro atoms. The highest BCUT2D eigenvalue weighted by Gasteiger charge is 2.24. The third kappa shape index (κ3) is 3.58. The quantitative estimate of drug-likeness (QED) is 0.877. The Morgan fingerprint density at radius 1 is 1.37 bits per heavy atom. The Morgan fingerprint density at radius 2 is 2.16 bits per heavy atom. The zero-order valence-corrected chi connectivity index (χ0v) is 12.0. The topological polar surface area (TPSA) is 35.8 Å². The Kier molecular flexibility index (Phi) is 4.99. The lowest BCUT2D eigenvalue weighted by molar-refractivity contribution is 0.240. The Bertz CT molecular complexity index is 447. The fourth-order valence-electron chi connectivity index (χ4n) is 3.21. The van der Waals surface area contributed by atoms with E-state index in [1.165, 1.54) is 37.7 Å². The van der Waals surface area contributed by atoms with E-state index in [2.05, 4.69) is 31.3 Å². The molecule has 2 nitrogen and oxygen atoms in total. The first-order valence-corrected chi connectivity index (χ1v) is 7.50. The summed E-state index contributed by atoms with van der Waals surface area (Å²) in [6.45, 7) is 4.50. The van der Waals surface area contributed by atoms with Crippen molar-refractivity contribution in [2.45, 2.75) is 58.0 Å². The lowest BCUT2D eigenvalue weighted by atomic mass is 9.82. The molecule has 0 radical (unpaired) electrons. The SMILES string of the molecule is CCC1CCCCC1NC(C)c1cccc(C#N)c1. The summed E-state index contributed by atoms with van der Waals surface area (Å²) in [4.78, 5) is 0. The summed E-state index contributed by atoms with van der Waals surface area (Å²) in [5, 5.41) is 12.8. The van der Waals surface area contributed by atoms with Crippen LogP contribution < -0.4 is 5.32 Å². The molecule has 1 aromatic rings. The second-order valence-electron chi connectivity index (χ2n) is 5.68. The highest BCUT2D eigenvalue weighted by Crippen LogP contribution is 2.28. The minimum atomic E-state index is 0.324. The number of nitrogens with zero attached hydrogens (tertiary/aromatic N) is 1. The smallest absolute Gasteiger partial charge is 0.0991 e. The van der Waals surface area contributed by atoms with Crippen molar-refractivity contribution in [2.24, 2.45) is 5.92 Å². The monoisotopic (exact) mass is 256 g/mol. The van der Waals surface area contributed by atoms with Crippen molar-refractivity contribution in [1.82, 2.24) is 5.32 Å². The van der Waals surface area contributed by atoms with E-state index in [4.69, 9.17) is 5.26 Å². The highest BCUT2D eigenvalue weighted by molar-refractivity contribution is 5.34. The van der Waals surface area contributed by atoms with Crippen molar-refractivity contribution in [3.63, 3.8) is 0 Å². The van der Waals surface area contributed by atoms with Crippen molar-refractivity contribution in [1.29, 1.82) is 5.26 Å². The third-order valence-electron chi connectivity index (χ3n) is 4.41. The predicted molar refractivity (Wildman–Crippen MR) is 78.7 cm³/mol. The molecule has 0 aliphatic heterocycles. The van der Waals surface area contributed by atoms with Gasteiger partial charge in [-0.05, 0) is 43.4 Å². The highest BCUT2D eigenvalue weighted by atomic mass is 15.0. The number of hydrogen-bond acceptors (Lipinski definition) is 2. The van der Waals surface area contributed by atoms with Gasteiger partial charge in [0.15, 0.2) is 0 Å². The Morgan fingerprint density at radius 3 is 2.89 bits per heavy atom. The van der Waals surface area contributed by atoms with Crippen LogP contribution in [0.25, 0.3) is 0 Å². The van der Waals surface area contributed by atoms with Gasteiger partial charge in [0.2, 0.25) is 0 Å². The standard InChI is InChI=1S/C17H24N2/c1-3-15-8-4-5-10-17(15)19-13(2)16-9-6-7-14(11-16)12-18/h6-7,9,11,13,15,17,19H,3-5,8,10H2,1-2H3. The second kappa shape index (κ2) is 6.73. The van der Waals surface area contributed by atoms with Gasteiger partial charge in [0.1, 0.15) is 0 Å². The van der Waals surface area contributed by atoms with Crippen molar-refractivity contribution < 1.29 is 0 Å². The largest absolute Gasteiger partial charge is 0.307 e. The lowest BCUT2D eigenvalue weighted by Crippen LogP contribution is -2.39. The molecule has 0 aromatic heterocycles. The molecule has 0 amide bonds. The summed E-state index contributed by atoms with van der Waals surface area (Å²) in [5.41, 5.74) is 1.97. The number of hydrogen-bond donors (Lipinski definition) is 1. The molecule has 0 bridgehead atoms. The molecule has 2 heteroatoms. The van der Waals surface area contributed by atoms with Crippen LogP contribution in [0.2, 0.25) is 0 Å². The van der Waals surface area contributed by atoms with E-state index in [1.54, 1.807) is 0 Å².